The molecule has 0 bridgehead atoms. The molecule has 0 aliphatic carbocycles. The van der Waals surface area contributed by atoms with E-state index in [1.54, 1.807) is 6.33 Å². The third-order valence-electron chi connectivity index (χ3n) is 3.82. The molecule has 1 amide bonds. The number of nitrogens with zero attached hydrogens (tertiary/aromatic N) is 3. The predicted molar refractivity (Wildman–Crippen MR) is 107 cm³/mol. The molecule has 27 heavy (non-hydrogen) atoms. The van der Waals surface area contributed by atoms with E-state index in [2.05, 4.69) is 15.5 Å². The minimum atomic E-state index is -0.0921. The van der Waals surface area contributed by atoms with Gasteiger partial charge in [-0.05, 0) is 57.2 Å². The summed E-state index contributed by atoms with van der Waals surface area (Å²) in [5.74, 6) is 1.68. The van der Waals surface area contributed by atoms with Gasteiger partial charge in [-0.2, -0.15) is 0 Å². The summed E-state index contributed by atoms with van der Waals surface area (Å²) in [6, 6.07) is 15.4. The fraction of sp³-hybridized carbons (Fsp3) is 0.250. The van der Waals surface area contributed by atoms with Crippen LogP contribution in [0.25, 0.3) is 0 Å². The SMILES string of the molecule is Cc1ccc(Oc2ccc(NC(=O)CSc3nncn3C(C)C)cc2)cc1. The van der Waals surface area contributed by atoms with Crippen LogP contribution in [0.1, 0.15) is 25.5 Å². The van der Waals surface area contributed by atoms with Crippen LogP contribution in [0, 0.1) is 6.92 Å². The Kier molecular flexibility index (Phi) is 6.13. The Bertz CT molecular complexity index is 889. The van der Waals surface area contributed by atoms with Crippen molar-refractivity contribution in [3.8, 4) is 11.5 Å². The van der Waals surface area contributed by atoms with Crippen molar-refractivity contribution in [1.29, 1.82) is 0 Å². The van der Waals surface area contributed by atoms with E-state index in [0.717, 1.165) is 22.3 Å². The first-order chi connectivity index (χ1) is 13.0. The van der Waals surface area contributed by atoms with Crippen LogP contribution in [-0.4, -0.2) is 26.4 Å². The molecule has 1 heterocycles. The van der Waals surface area contributed by atoms with Gasteiger partial charge in [0.05, 0.1) is 5.75 Å². The summed E-state index contributed by atoms with van der Waals surface area (Å²) in [5.41, 5.74) is 1.91. The Morgan fingerprint density at radius 3 is 2.37 bits per heavy atom. The molecule has 0 atom stereocenters. The third kappa shape index (κ3) is 5.34. The molecule has 6 nitrogen and oxygen atoms in total. The van der Waals surface area contributed by atoms with E-state index < -0.39 is 0 Å². The average Bonchev–Trinajstić information content (AvgIpc) is 3.12. The number of anilines is 1. The molecule has 0 radical (unpaired) electrons. The van der Waals surface area contributed by atoms with Gasteiger partial charge in [-0.25, -0.2) is 0 Å². The fourth-order valence-electron chi connectivity index (χ4n) is 2.37. The Morgan fingerprint density at radius 2 is 1.74 bits per heavy atom. The molecule has 3 rings (SSSR count). The predicted octanol–water partition coefficient (Wildman–Crippen LogP) is 4.69. The summed E-state index contributed by atoms with van der Waals surface area (Å²) < 4.78 is 7.73. The molecule has 0 saturated heterocycles. The summed E-state index contributed by atoms with van der Waals surface area (Å²) in [6.07, 6.45) is 1.68. The monoisotopic (exact) mass is 382 g/mol. The summed E-state index contributed by atoms with van der Waals surface area (Å²) in [5, 5.41) is 11.6. The van der Waals surface area contributed by atoms with Crippen molar-refractivity contribution < 1.29 is 9.53 Å². The van der Waals surface area contributed by atoms with Gasteiger partial charge in [-0.3, -0.25) is 4.79 Å². The highest BCUT2D eigenvalue weighted by atomic mass is 32.2. The maximum atomic E-state index is 12.2. The van der Waals surface area contributed by atoms with Crippen LogP contribution >= 0.6 is 11.8 Å². The number of amides is 1. The Hall–Kier alpha value is -2.80. The Morgan fingerprint density at radius 1 is 1.11 bits per heavy atom. The molecule has 140 valence electrons. The van der Waals surface area contributed by atoms with E-state index in [9.17, 15) is 4.79 Å². The zero-order chi connectivity index (χ0) is 19.2. The standard InChI is InChI=1S/C20H22N4O2S/c1-14(2)24-13-21-23-20(24)27-12-19(25)22-16-6-10-18(11-7-16)26-17-8-4-15(3)5-9-17/h4-11,13-14H,12H2,1-3H3,(H,22,25). The molecule has 3 aromatic rings. The molecule has 0 saturated carbocycles. The van der Waals surface area contributed by atoms with Gasteiger partial charge in [0.2, 0.25) is 5.91 Å². The van der Waals surface area contributed by atoms with E-state index >= 15 is 0 Å². The van der Waals surface area contributed by atoms with E-state index in [4.69, 9.17) is 4.74 Å². The highest BCUT2D eigenvalue weighted by molar-refractivity contribution is 7.99. The van der Waals surface area contributed by atoms with E-state index in [0.29, 0.717) is 0 Å². The quantitative estimate of drug-likeness (QED) is 0.600. The molecular formula is C20H22N4O2S. The number of carbonyl (C=O) groups excluding carboxylic acids is 1. The number of nitrogens with one attached hydrogen (secondary N) is 1. The topological polar surface area (TPSA) is 69.0 Å². The van der Waals surface area contributed by atoms with Gasteiger partial charge in [0.1, 0.15) is 17.8 Å². The second-order valence-electron chi connectivity index (χ2n) is 6.39. The number of hydrogen-bond donors (Lipinski definition) is 1. The zero-order valence-corrected chi connectivity index (χ0v) is 16.4. The second-order valence-corrected chi connectivity index (χ2v) is 7.33. The van der Waals surface area contributed by atoms with Gasteiger partial charge in [0, 0.05) is 11.7 Å². The highest BCUT2D eigenvalue weighted by Gasteiger charge is 2.11. The first kappa shape index (κ1) is 19.0. The van der Waals surface area contributed by atoms with Gasteiger partial charge >= 0.3 is 0 Å². The van der Waals surface area contributed by atoms with E-state index in [1.807, 2.05) is 73.9 Å². The number of rotatable bonds is 7. The van der Waals surface area contributed by atoms with Crippen molar-refractivity contribution in [3.05, 3.63) is 60.4 Å². The summed E-state index contributed by atoms with van der Waals surface area (Å²) in [7, 11) is 0. The summed E-state index contributed by atoms with van der Waals surface area (Å²) in [4.78, 5) is 12.2. The van der Waals surface area contributed by atoms with Gasteiger partial charge in [0.25, 0.3) is 0 Å². The van der Waals surface area contributed by atoms with Crippen LogP contribution in [0.2, 0.25) is 0 Å². The van der Waals surface area contributed by atoms with Crippen molar-refractivity contribution >= 4 is 23.4 Å². The number of ether oxygens (including phenoxy) is 1. The molecule has 2 aromatic carbocycles. The van der Waals surface area contributed by atoms with Crippen LogP contribution < -0.4 is 10.1 Å². The van der Waals surface area contributed by atoms with E-state index in [-0.39, 0.29) is 17.7 Å². The Balaban J connectivity index is 1.52. The molecule has 0 fully saturated rings. The largest absolute Gasteiger partial charge is 0.457 e. The van der Waals surface area contributed by atoms with Crippen LogP contribution in [0.4, 0.5) is 5.69 Å². The molecule has 1 N–H and O–H groups in total. The van der Waals surface area contributed by atoms with Crippen LogP contribution in [0.5, 0.6) is 11.5 Å². The maximum absolute atomic E-state index is 12.2. The summed E-state index contributed by atoms with van der Waals surface area (Å²) in [6.45, 7) is 6.13. The van der Waals surface area contributed by atoms with Gasteiger partial charge < -0.3 is 14.6 Å². The number of hydrogen-bond acceptors (Lipinski definition) is 5. The van der Waals surface area contributed by atoms with Crippen molar-refractivity contribution in [1.82, 2.24) is 14.8 Å². The molecule has 7 heteroatoms. The lowest BCUT2D eigenvalue weighted by Crippen LogP contribution is -2.14. The number of benzene rings is 2. The minimum absolute atomic E-state index is 0.0921. The number of carbonyl (C=O) groups is 1. The molecule has 0 unspecified atom stereocenters. The van der Waals surface area contributed by atoms with E-state index in [1.165, 1.54) is 17.3 Å². The lowest BCUT2D eigenvalue weighted by molar-refractivity contribution is -0.113. The Labute approximate surface area is 163 Å². The zero-order valence-electron chi connectivity index (χ0n) is 15.5. The van der Waals surface area contributed by atoms with Gasteiger partial charge in [0.15, 0.2) is 5.16 Å². The maximum Gasteiger partial charge on any atom is 0.234 e. The van der Waals surface area contributed by atoms with Crippen molar-refractivity contribution in [2.45, 2.75) is 32.0 Å². The number of aromatic nitrogens is 3. The molecular weight excluding hydrogens is 360 g/mol. The van der Waals surface area contributed by atoms with Crippen LogP contribution in [0.3, 0.4) is 0 Å². The third-order valence-corrected chi connectivity index (χ3v) is 4.78. The van der Waals surface area contributed by atoms with Gasteiger partial charge in [-0.15, -0.1) is 10.2 Å². The minimum Gasteiger partial charge on any atom is -0.457 e. The first-order valence-electron chi connectivity index (χ1n) is 8.68. The van der Waals surface area contributed by atoms with Crippen molar-refractivity contribution in [2.24, 2.45) is 0 Å². The van der Waals surface area contributed by atoms with Crippen LogP contribution in [0.15, 0.2) is 60.0 Å². The number of thioether (sulfide) groups is 1. The van der Waals surface area contributed by atoms with Crippen molar-refractivity contribution in [2.75, 3.05) is 11.1 Å². The lowest BCUT2D eigenvalue weighted by Gasteiger charge is -2.10. The highest BCUT2D eigenvalue weighted by Crippen LogP contribution is 2.24. The van der Waals surface area contributed by atoms with Crippen LogP contribution in [-0.2, 0) is 4.79 Å². The normalized spacial score (nSPS) is 10.8. The smallest absolute Gasteiger partial charge is 0.234 e. The number of aryl methyl sites for hydroxylation is 1. The molecule has 0 spiro atoms. The first-order valence-corrected chi connectivity index (χ1v) is 9.66. The molecule has 1 aromatic heterocycles. The van der Waals surface area contributed by atoms with Gasteiger partial charge in [-0.1, -0.05) is 29.5 Å². The lowest BCUT2D eigenvalue weighted by atomic mass is 10.2. The molecule has 0 aliphatic rings. The van der Waals surface area contributed by atoms with Crippen molar-refractivity contribution in [3.63, 3.8) is 0 Å². The average molecular weight is 382 g/mol. The summed E-state index contributed by atoms with van der Waals surface area (Å²) >= 11 is 1.37. The second kappa shape index (κ2) is 8.73. The molecule has 0 aliphatic heterocycles. The fourth-order valence-corrected chi connectivity index (χ4v) is 3.21.